The minimum absolute atomic E-state index is 0.294. The van der Waals surface area contributed by atoms with Crippen LogP contribution in [-0.2, 0) is 0 Å². The van der Waals surface area contributed by atoms with Crippen molar-refractivity contribution in [3.8, 4) is 0 Å². The van der Waals surface area contributed by atoms with Crippen LogP contribution in [-0.4, -0.2) is 20.9 Å². The first-order chi connectivity index (χ1) is 15.5. The third-order valence-corrected chi connectivity index (χ3v) is 4.90. The molecular formula is C23H18Cl2N6O. The molecule has 0 aliphatic carbocycles. The molecular weight excluding hydrogens is 447 g/mol. The standard InChI is InChI=1S/C23H18Cl2N6O/c1-14-27-21(13-22(28-14)31-20-4-2-3-11-26-20)29-16-6-8-17(9-7-16)30-23(32)18-10-5-15(24)12-19(18)25/h2-13H,1H3,(H,30,32)(H2,26,27,28,29,31). The van der Waals surface area contributed by atoms with Gasteiger partial charge >= 0.3 is 0 Å². The van der Waals surface area contributed by atoms with E-state index in [4.69, 9.17) is 23.2 Å². The number of nitrogens with one attached hydrogen (secondary N) is 3. The molecule has 0 saturated heterocycles. The molecule has 4 rings (SSSR count). The molecule has 4 aromatic rings. The highest BCUT2D eigenvalue weighted by Crippen LogP contribution is 2.24. The molecule has 2 heterocycles. The molecule has 9 heteroatoms. The Labute approximate surface area is 194 Å². The Hall–Kier alpha value is -3.68. The number of halogens is 2. The third kappa shape index (κ3) is 5.51. The van der Waals surface area contributed by atoms with E-state index in [0.29, 0.717) is 44.6 Å². The van der Waals surface area contributed by atoms with Gasteiger partial charge in [0, 0.05) is 28.7 Å². The van der Waals surface area contributed by atoms with Crippen molar-refractivity contribution in [1.82, 2.24) is 15.0 Å². The third-order valence-electron chi connectivity index (χ3n) is 4.35. The average Bonchev–Trinajstić information content (AvgIpc) is 2.75. The molecule has 2 aromatic carbocycles. The Kier molecular flexibility index (Phi) is 6.49. The first kappa shape index (κ1) is 21.5. The summed E-state index contributed by atoms with van der Waals surface area (Å²) >= 11 is 12.0. The van der Waals surface area contributed by atoms with E-state index < -0.39 is 0 Å². The van der Waals surface area contributed by atoms with Crippen molar-refractivity contribution < 1.29 is 4.79 Å². The largest absolute Gasteiger partial charge is 0.340 e. The van der Waals surface area contributed by atoms with Crippen LogP contribution < -0.4 is 16.0 Å². The quantitative estimate of drug-likeness (QED) is 0.313. The first-order valence-corrected chi connectivity index (χ1v) is 10.4. The summed E-state index contributed by atoms with van der Waals surface area (Å²) in [4.78, 5) is 25.5. The number of benzene rings is 2. The van der Waals surface area contributed by atoms with Gasteiger partial charge in [-0.05, 0) is 61.5 Å². The van der Waals surface area contributed by atoms with Crippen LogP contribution in [0.2, 0.25) is 10.0 Å². The minimum atomic E-state index is -0.316. The fourth-order valence-electron chi connectivity index (χ4n) is 2.92. The number of aryl methyl sites for hydroxylation is 1. The summed E-state index contributed by atoms with van der Waals surface area (Å²) in [5, 5.41) is 9.98. The van der Waals surface area contributed by atoms with Gasteiger partial charge in [0.15, 0.2) is 0 Å². The smallest absolute Gasteiger partial charge is 0.257 e. The monoisotopic (exact) mass is 464 g/mol. The number of anilines is 5. The second-order valence-electron chi connectivity index (χ2n) is 6.81. The number of rotatable bonds is 6. The van der Waals surface area contributed by atoms with Crippen LogP contribution in [0.15, 0.2) is 72.9 Å². The summed E-state index contributed by atoms with van der Waals surface area (Å²) in [5.74, 6) is 2.24. The van der Waals surface area contributed by atoms with Crippen LogP contribution in [0.5, 0.6) is 0 Å². The van der Waals surface area contributed by atoms with E-state index in [9.17, 15) is 4.79 Å². The lowest BCUT2D eigenvalue weighted by atomic mass is 10.2. The molecule has 0 radical (unpaired) electrons. The van der Waals surface area contributed by atoms with Crippen LogP contribution in [0.4, 0.5) is 28.8 Å². The van der Waals surface area contributed by atoms with Crippen LogP contribution >= 0.6 is 23.2 Å². The Bertz CT molecular complexity index is 1250. The molecule has 1 amide bonds. The Balaban J connectivity index is 1.44. The van der Waals surface area contributed by atoms with E-state index in [1.807, 2.05) is 37.3 Å². The van der Waals surface area contributed by atoms with E-state index in [1.165, 1.54) is 6.07 Å². The maximum atomic E-state index is 12.5. The van der Waals surface area contributed by atoms with Crippen LogP contribution in [0.3, 0.4) is 0 Å². The zero-order valence-corrected chi connectivity index (χ0v) is 18.4. The maximum Gasteiger partial charge on any atom is 0.257 e. The highest BCUT2D eigenvalue weighted by atomic mass is 35.5. The average molecular weight is 465 g/mol. The van der Waals surface area contributed by atoms with Gasteiger partial charge in [0.1, 0.15) is 23.3 Å². The van der Waals surface area contributed by atoms with Gasteiger partial charge in [0.2, 0.25) is 0 Å². The summed E-state index contributed by atoms with van der Waals surface area (Å²) in [7, 11) is 0. The van der Waals surface area contributed by atoms with Crippen LogP contribution in [0, 0.1) is 6.92 Å². The zero-order valence-electron chi connectivity index (χ0n) is 16.9. The fourth-order valence-corrected chi connectivity index (χ4v) is 3.41. The van der Waals surface area contributed by atoms with Crippen LogP contribution in [0.25, 0.3) is 0 Å². The number of amides is 1. The van der Waals surface area contributed by atoms with Crippen molar-refractivity contribution in [1.29, 1.82) is 0 Å². The van der Waals surface area contributed by atoms with E-state index in [0.717, 1.165) is 5.69 Å². The molecule has 0 aliphatic heterocycles. The summed E-state index contributed by atoms with van der Waals surface area (Å²) in [6, 6.07) is 19.4. The molecule has 0 fully saturated rings. The number of nitrogens with zero attached hydrogens (tertiary/aromatic N) is 3. The van der Waals surface area contributed by atoms with E-state index in [1.54, 1.807) is 36.5 Å². The van der Waals surface area contributed by atoms with Gasteiger partial charge in [-0.25, -0.2) is 15.0 Å². The van der Waals surface area contributed by atoms with Crippen molar-refractivity contribution in [3.63, 3.8) is 0 Å². The molecule has 2 aromatic heterocycles. The molecule has 0 saturated carbocycles. The Morgan fingerprint density at radius 1 is 0.812 bits per heavy atom. The summed E-state index contributed by atoms with van der Waals surface area (Å²) in [6.45, 7) is 1.81. The normalized spacial score (nSPS) is 10.5. The van der Waals surface area contributed by atoms with Crippen molar-refractivity contribution >= 4 is 57.9 Å². The number of pyridine rings is 1. The fraction of sp³-hybridized carbons (Fsp3) is 0.0435. The number of carbonyl (C=O) groups is 1. The molecule has 32 heavy (non-hydrogen) atoms. The molecule has 0 atom stereocenters. The lowest BCUT2D eigenvalue weighted by molar-refractivity contribution is 0.102. The second kappa shape index (κ2) is 9.64. The number of hydrogen-bond donors (Lipinski definition) is 3. The van der Waals surface area contributed by atoms with Gasteiger partial charge < -0.3 is 16.0 Å². The summed E-state index contributed by atoms with van der Waals surface area (Å²) in [6.07, 6.45) is 1.71. The van der Waals surface area contributed by atoms with Crippen molar-refractivity contribution in [2.45, 2.75) is 6.92 Å². The van der Waals surface area contributed by atoms with Gasteiger partial charge in [-0.1, -0.05) is 29.3 Å². The van der Waals surface area contributed by atoms with Crippen molar-refractivity contribution in [2.75, 3.05) is 16.0 Å². The van der Waals surface area contributed by atoms with Gasteiger partial charge in [-0.3, -0.25) is 4.79 Å². The molecule has 7 nitrogen and oxygen atoms in total. The van der Waals surface area contributed by atoms with Crippen LogP contribution in [0.1, 0.15) is 16.2 Å². The second-order valence-corrected chi connectivity index (χ2v) is 7.65. The van der Waals surface area contributed by atoms with E-state index >= 15 is 0 Å². The van der Waals surface area contributed by atoms with E-state index in [-0.39, 0.29) is 5.91 Å². The number of carbonyl (C=O) groups excluding carboxylic acids is 1. The molecule has 0 aliphatic rings. The highest BCUT2D eigenvalue weighted by molar-refractivity contribution is 6.37. The predicted molar refractivity (Wildman–Crippen MR) is 128 cm³/mol. The van der Waals surface area contributed by atoms with Gasteiger partial charge in [0.25, 0.3) is 5.91 Å². The van der Waals surface area contributed by atoms with Gasteiger partial charge in [0.05, 0.1) is 10.6 Å². The van der Waals surface area contributed by atoms with Crippen molar-refractivity contribution in [3.05, 3.63) is 94.4 Å². The number of aromatic nitrogens is 3. The molecule has 0 bridgehead atoms. The molecule has 0 spiro atoms. The van der Waals surface area contributed by atoms with Gasteiger partial charge in [-0.2, -0.15) is 0 Å². The molecule has 160 valence electrons. The lowest BCUT2D eigenvalue weighted by Crippen LogP contribution is -2.12. The molecule has 0 unspecified atom stereocenters. The summed E-state index contributed by atoms with van der Waals surface area (Å²) in [5.41, 5.74) is 1.78. The lowest BCUT2D eigenvalue weighted by Gasteiger charge is -2.11. The zero-order chi connectivity index (χ0) is 22.5. The first-order valence-electron chi connectivity index (χ1n) is 9.63. The highest BCUT2D eigenvalue weighted by Gasteiger charge is 2.11. The SMILES string of the molecule is Cc1nc(Nc2ccc(NC(=O)c3ccc(Cl)cc3Cl)cc2)cc(Nc2ccccn2)n1. The Morgan fingerprint density at radius 3 is 2.22 bits per heavy atom. The Morgan fingerprint density at radius 2 is 1.53 bits per heavy atom. The molecule has 3 N–H and O–H groups in total. The topological polar surface area (TPSA) is 91.8 Å². The van der Waals surface area contributed by atoms with Crippen molar-refractivity contribution in [2.24, 2.45) is 0 Å². The van der Waals surface area contributed by atoms with E-state index in [2.05, 4.69) is 30.9 Å². The maximum absolute atomic E-state index is 12.5. The summed E-state index contributed by atoms with van der Waals surface area (Å²) < 4.78 is 0. The van der Waals surface area contributed by atoms with Gasteiger partial charge in [-0.15, -0.1) is 0 Å². The predicted octanol–water partition coefficient (Wildman–Crippen LogP) is 6.23. The minimum Gasteiger partial charge on any atom is -0.340 e. The number of hydrogen-bond acceptors (Lipinski definition) is 6.